The standard InChI is InChI=1S/C22H27FN4O6S/c1-13-7-9-22(10-8-13)20(31)27(21(32)25-22)26-17(28)11-33-19(30)14(2)34-12-18(29)24-16-5-3-15(23)4-6-16/h3-6,13-14H,7-12H2,1-2H3,(H,24,29)(H,25,32)(H,26,28)/t13?,14-,22?/m1/s1. The summed E-state index contributed by atoms with van der Waals surface area (Å²) in [7, 11) is 0. The molecule has 5 amide bonds. The average Bonchev–Trinajstić information content (AvgIpc) is 3.03. The normalized spacial score (nSPS) is 22.8. The van der Waals surface area contributed by atoms with Crippen molar-refractivity contribution < 1.29 is 33.1 Å². The number of rotatable bonds is 8. The molecule has 1 saturated heterocycles. The maximum atomic E-state index is 12.9. The molecule has 1 spiro atoms. The van der Waals surface area contributed by atoms with Crippen LogP contribution in [0.3, 0.4) is 0 Å². The van der Waals surface area contributed by atoms with Crippen molar-refractivity contribution in [2.24, 2.45) is 5.92 Å². The number of benzene rings is 1. The summed E-state index contributed by atoms with van der Waals surface area (Å²) in [5, 5.41) is 5.14. The van der Waals surface area contributed by atoms with Gasteiger partial charge in [-0.15, -0.1) is 11.8 Å². The summed E-state index contributed by atoms with van der Waals surface area (Å²) < 4.78 is 17.9. The Hall–Kier alpha value is -3.15. The Morgan fingerprint density at radius 1 is 1.21 bits per heavy atom. The van der Waals surface area contributed by atoms with Crippen LogP contribution in [-0.2, 0) is 23.9 Å². The van der Waals surface area contributed by atoms with Gasteiger partial charge in [-0.25, -0.2) is 9.18 Å². The second-order valence-electron chi connectivity index (χ2n) is 8.49. The third-order valence-electron chi connectivity index (χ3n) is 5.80. The number of hydrogen-bond acceptors (Lipinski definition) is 7. The summed E-state index contributed by atoms with van der Waals surface area (Å²) in [5.74, 6) is -2.49. The molecule has 1 atom stereocenters. The first-order valence-corrected chi connectivity index (χ1v) is 11.9. The number of esters is 1. The highest BCUT2D eigenvalue weighted by molar-refractivity contribution is 8.01. The molecule has 0 bridgehead atoms. The number of halogens is 1. The Labute approximate surface area is 200 Å². The number of imide groups is 1. The van der Waals surface area contributed by atoms with E-state index in [0.29, 0.717) is 29.5 Å². The Morgan fingerprint density at radius 3 is 2.50 bits per heavy atom. The van der Waals surface area contributed by atoms with Gasteiger partial charge in [-0.2, -0.15) is 5.01 Å². The highest BCUT2D eigenvalue weighted by Gasteiger charge is 2.52. The van der Waals surface area contributed by atoms with Crippen molar-refractivity contribution in [3.05, 3.63) is 30.1 Å². The number of carbonyl (C=O) groups excluding carboxylic acids is 5. The number of nitrogens with zero attached hydrogens (tertiary/aromatic N) is 1. The van der Waals surface area contributed by atoms with Crippen molar-refractivity contribution in [3.63, 3.8) is 0 Å². The fraction of sp³-hybridized carbons (Fsp3) is 0.500. The van der Waals surface area contributed by atoms with E-state index in [1.165, 1.54) is 31.2 Å². The van der Waals surface area contributed by atoms with Crippen molar-refractivity contribution in [2.45, 2.75) is 50.3 Å². The van der Waals surface area contributed by atoms with Crippen LogP contribution in [0, 0.1) is 11.7 Å². The Bertz CT molecular complexity index is 965. The number of ether oxygens (including phenoxy) is 1. The lowest BCUT2D eigenvalue weighted by Gasteiger charge is -2.33. The van der Waals surface area contributed by atoms with E-state index in [0.717, 1.165) is 24.6 Å². The van der Waals surface area contributed by atoms with Crippen molar-refractivity contribution >= 4 is 47.2 Å². The molecule has 1 aromatic carbocycles. The van der Waals surface area contributed by atoms with Gasteiger partial charge in [-0.1, -0.05) is 6.92 Å². The molecule has 1 aromatic rings. The van der Waals surface area contributed by atoms with Crippen LogP contribution in [0.4, 0.5) is 14.9 Å². The van der Waals surface area contributed by atoms with Crippen LogP contribution in [0.5, 0.6) is 0 Å². The average molecular weight is 495 g/mol. The van der Waals surface area contributed by atoms with Gasteiger partial charge >= 0.3 is 12.0 Å². The van der Waals surface area contributed by atoms with Gasteiger partial charge in [0, 0.05) is 5.69 Å². The van der Waals surface area contributed by atoms with Crippen LogP contribution in [-0.4, -0.2) is 57.9 Å². The summed E-state index contributed by atoms with van der Waals surface area (Å²) in [6.07, 6.45) is 2.60. The molecule has 1 aliphatic heterocycles. The molecule has 34 heavy (non-hydrogen) atoms. The van der Waals surface area contributed by atoms with E-state index in [4.69, 9.17) is 4.74 Å². The molecule has 0 aromatic heterocycles. The molecule has 0 radical (unpaired) electrons. The second-order valence-corrected chi connectivity index (χ2v) is 9.82. The first-order chi connectivity index (χ1) is 16.1. The molecule has 2 fully saturated rings. The van der Waals surface area contributed by atoms with Crippen LogP contribution in [0.1, 0.15) is 39.5 Å². The van der Waals surface area contributed by atoms with Crippen molar-refractivity contribution in [1.82, 2.24) is 15.8 Å². The van der Waals surface area contributed by atoms with E-state index in [1.54, 1.807) is 0 Å². The minimum atomic E-state index is -0.993. The molecule has 0 unspecified atom stereocenters. The van der Waals surface area contributed by atoms with Crippen LogP contribution in [0.15, 0.2) is 24.3 Å². The van der Waals surface area contributed by atoms with Gasteiger partial charge in [-0.05, 0) is 62.8 Å². The molecular formula is C22H27FN4O6S. The van der Waals surface area contributed by atoms with Gasteiger partial charge in [0.2, 0.25) is 5.91 Å². The zero-order valence-corrected chi connectivity index (χ0v) is 19.7. The van der Waals surface area contributed by atoms with Crippen LogP contribution < -0.4 is 16.1 Å². The zero-order chi connectivity index (χ0) is 24.9. The molecule has 3 N–H and O–H groups in total. The number of thioether (sulfide) groups is 1. The first kappa shape index (κ1) is 25.5. The van der Waals surface area contributed by atoms with E-state index in [2.05, 4.69) is 23.0 Å². The fourth-order valence-corrected chi connectivity index (χ4v) is 4.40. The second kappa shape index (κ2) is 10.9. The quantitative estimate of drug-likeness (QED) is 0.372. The molecule has 1 saturated carbocycles. The molecule has 10 nitrogen and oxygen atoms in total. The number of urea groups is 1. The number of hydrogen-bond donors (Lipinski definition) is 3. The zero-order valence-electron chi connectivity index (χ0n) is 18.9. The van der Waals surface area contributed by atoms with Gasteiger partial charge in [0.05, 0.1) is 5.75 Å². The fourth-order valence-electron chi connectivity index (χ4n) is 3.73. The molecule has 184 valence electrons. The Morgan fingerprint density at radius 2 is 1.85 bits per heavy atom. The van der Waals surface area contributed by atoms with Gasteiger partial charge in [0.25, 0.3) is 11.8 Å². The SMILES string of the molecule is CC1CCC2(CC1)NC(=O)N(NC(=O)COC(=O)[C@@H](C)SCC(=O)Nc1ccc(F)cc1)C2=O. The van der Waals surface area contributed by atoms with Gasteiger partial charge in [0.1, 0.15) is 16.6 Å². The highest BCUT2D eigenvalue weighted by Crippen LogP contribution is 2.35. The van der Waals surface area contributed by atoms with E-state index >= 15 is 0 Å². The number of amides is 5. The lowest BCUT2D eigenvalue weighted by molar-refractivity contribution is -0.150. The van der Waals surface area contributed by atoms with Crippen molar-refractivity contribution in [2.75, 3.05) is 17.7 Å². The third-order valence-corrected chi connectivity index (χ3v) is 6.92. The number of hydrazine groups is 1. The number of carbonyl (C=O) groups is 5. The van der Waals surface area contributed by atoms with E-state index in [1.807, 2.05) is 0 Å². The lowest BCUT2D eigenvalue weighted by atomic mass is 9.77. The summed E-state index contributed by atoms with van der Waals surface area (Å²) in [4.78, 5) is 61.3. The predicted molar refractivity (Wildman–Crippen MR) is 122 cm³/mol. The topological polar surface area (TPSA) is 134 Å². The van der Waals surface area contributed by atoms with E-state index < -0.39 is 52.9 Å². The van der Waals surface area contributed by atoms with E-state index in [9.17, 15) is 28.4 Å². The molecule has 1 heterocycles. The van der Waals surface area contributed by atoms with Gasteiger partial charge < -0.3 is 15.4 Å². The minimum Gasteiger partial charge on any atom is -0.455 e. The van der Waals surface area contributed by atoms with Crippen LogP contribution >= 0.6 is 11.8 Å². The summed E-state index contributed by atoms with van der Waals surface area (Å²) in [6.45, 7) is 2.91. The molecule has 1 aliphatic carbocycles. The van der Waals surface area contributed by atoms with E-state index in [-0.39, 0.29) is 5.75 Å². The lowest BCUT2D eigenvalue weighted by Crippen LogP contribution is -2.52. The molecule has 3 rings (SSSR count). The Kier molecular flexibility index (Phi) is 8.13. The highest BCUT2D eigenvalue weighted by atomic mass is 32.2. The summed E-state index contributed by atoms with van der Waals surface area (Å²) >= 11 is 0.994. The number of anilines is 1. The molecule has 2 aliphatic rings. The van der Waals surface area contributed by atoms with Crippen LogP contribution in [0.2, 0.25) is 0 Å². The monoisotopic (exact) mass is 494 g/mol. The maximum absolute atomic E-state index is 12.9. The summed E-state index contributed by atoms with van der Waals surface area (Å²) in [5.41, 5.74) is 1.62. The van der Waals surface area contributed by atoms with Crippen molar-refractivity contribution in [1.29, 1.82) is 0 Å². The summed E-state index contributed by atoms with van der Waals surface area (Å²) in [6, 6.07) is 4.53. The maximum Gasteiger partial charge on any atom is 0.344 e. The van der Waals surface area contributed by atoms with Gasteiger partial charge in [0.15, 0.2) is 6.61 Å². The van der Waals surface area contributed by atoms with Gasteiger partial charge in [-0.3, -0.25) is 24.6 Å². The first-order valence-electron chi connectivity index (χ1n) is 10.9. The number of nitrogens with one attached hydrogen (secondary N) is 3. The largest absolute Gasteiger partial charge is 0.455 e. The smallest absolute Gasteiger partial charge is 0.344 e. The Balaban J connectivity index is 1.39. The molecular weight excluding hydrogens is 467 g/mol. The third kappa shape index (κ3) is 6.25. The van der Waals surface area contributed by atoms with Crippen molar-refractivity contribution in [3.8, 4) is 0 Å². The molecule has 12 heteroatoms. The van der Waals surface area contributed by atoms with Crippen LogP contribution in [0.25, 0.3) is 0 Å². The predicted octanol–water partition coefficient (Wildman–Crippen LogP) is 1.96. The minimum absolute atomic E-state index is 0.0665.